The Morgan fingerprint density at radius 1 is 1.31 bits per heavy atom. The van der Waals surface area contributed by atoms with Crippen LogP contribution in [0, 0.1) is 5.92 Å². The molecule has 0 saturated carbocycles. The van der Waals surface area contributed by atoms with Crippen LogP contribution in [-0.4, -0.2) is 63.4 Å². The molecule has 1 aromatic heterocycles. The largest absolute Gasteiger partial charge is 0.503 e. The van der Waals surface area contributed by atoms with Crippen LogP contribution in [0.15, 0.2) is 35.9 Å². The van der Waals surface area contributed by atoms with Gasteiger partial charge in [-0.25, -0.2) is 4.79 Å². The quantitative estimate of drug-likeness (QED) is 0.814. The fraction of sp³-hybridized carbons (Fsp3) is 0.524. The predicted molar refractivity (Wildman–Crippen MR) is 105 cm³/mol. The molecule has 1 N–H and O–H groups in total. The van der Waals surface area contributed by atoms with Gasteiger partial charge in [-0.3, -0.25) is 14.6 Å². The second-order valence-electron chi connectivity index (χ2n) is 7.60. The zero-order chi connectivity index (χ0) is 21.1. The van der Waals surface area contributed by atoms with E-state index in [1.165, 1.54) is 0 Å². The minimum Gasteiger partial charge on any atom is -0.503 e. The van der Waals surface area contributed by atoms with Gasteiger partial charge < -0.3 is 19.6 Å². The lowest BCUT2D eigenvalue weighted by atomic mass is 9.90. The van der Waals surface area contributed by atoms with E-state index in [0.29, 0.717) is 38.1 Å². The average molecular weight is 401 g/mol. The number of hydrogen-bond acceptors (Lipinski definition) is 6. The smallest absolute Gasteiger partial charge is 0.409 e. The van der Waals surface area contributed by atoms with Crippen LogP contribution in [-0.2, 0) is 14.3 Å². The lowest BCUT2D eigenvalue weighted by Crippen LogP contribution is -2.48. The summed E-state index contributed by atoms with van der Waals surface area (Å²) in [7, 11) is 0. The average Bonchev–Trinajstić information content (AvgIpc) is 2.99. The standard InChI is InChI=1S/C21H27N3O5/c1-4-29-21(28)23-10-7-15(8-11-23)24-17(14-6-5-9-22-12-14)16(18(25)13(2)3)19(26)20(24)27/h5-6,9,12-13,15,17,26H,4,7-8,10-11H2,1-3H3. The number of carbonyl (C=O) groups excluding carboxylic acids is 3. The molecule has 3 rings (SSSR count). The van der Waals surface area contributed by atoms with Gasteiger partial charge >= 0.3 is 6.09 Å². The maximum Gasteiger partial charge on any atom is 0.409 e. The number of carbonyl (C=O) groups is 3. The lowest BCUT2D eigenvalue weighted by Gasteiger charge is -2.39. The van der Waals surface area contributed by atoms with Crippen LogP contribution in [0.3, 0.4) is 0 Å². The number of Topliss-reactive ketones (excluding diaryl/α,β-unsaturated/α-hetero) is 1. The summed E-state index contributed by atoms with van der Waals surface area (Å²) in [5.41, 5.74) is 0.813. The Balaban J connectivity index is 1.89. The molecule has 0 bridgehead atoms. The third-order valence-corrected chi connectivity index (χ3v) is 5.42. The molecule has 29 heavy (non-hydrogen) atoms. The fourth-order valence-corrected chi connectivity index (χ4v) is 3.97. The first-order valence-electron chi connectivity index (χ1n) is 9.98. The van der Waals surface area contributed by atoms with Crippen molar-refractivity contribution < 1.29 is 24.2 Å². The zero-order valence-electron chi connectivity index (χ0n) is 17.0. The molecule has 1 unspecified atom stereocenters. The van der Waals surface area contributed by atoms with Crippen LogP contribution in [0.1, 0.15) is 45.2 Å². The monoisotopic (exact) mass is 401 g/mol. The minimum atomic E-state index is -0.676. The summed E-state index contributed by atoms with van der Waals surface area (Å²) in [6.45, 7) is 6.45. The van der Waals surface area contributed by atoms with E-state index >= 15 is 0 Å². The van der Waals surface area contributed by atoms with Crippen molar-refractivity contribution in [2.45, 2.75) is 45.7 Å². The Kier molecular flexibility index (Phi) is 6.20. The summed E-state index contributed by atoms with van der Waals surface area (Å²) >= 11 is 0. The first kappa shape index (κ1) is 20.8. The maximum atomic E-state index is 13.0. The highest BCUT2D eigenvalue weighted by Crippen LogP contribution is 2.41. The number of likely N-dealkylation sites (tertiary alicyclic amines) is 1. The van der Waals surface area contributed by atoms with Crippen LogP contribution < -0.4 is 0 Å². The van der Waals surface area contributed by atoms with Gasteiger partial charge in [0.25, 0.3) is 5.91 Å². The molecule has 3 heterocycles. The van der Waals surface area contributed by atoms with E-state index < -0.39 is 17.7 Å². The highest BCUT2D eigenvalue weighted by atomic mass is 16.6. The Morgan fingerprint density at radius 3 is 2.55 bits per heavy atom. The lowest BCUT2D eigenvalue weighted by molar-refractivity contribution is -0.132. The van der Waals surface area contributed by atoms with Crippen molar-refractivity contribution in [3.8, 4) is 0 Å². The molecule has 156 valence electrons. The molecule has 1 fully saturated rings. The molecule has 0 aliphatic carbocycles. The summed E-state index contributed by atoms with van der Waals surface area (Å²) in [6, 6.07) is 2.66. The molecule has 8 nitrogen and oxygen atoms in total. The summed E-state index contributed by atoms with van der Waals surface area (Å²) in [4.78, 5) is 45.1. The van der Waals surface area contributed by atoms with E-state index in [1.54, 1.807) is 55.1 Å². The Hall–Kier alpha value is -2.90. The SMILES string of the molecule is CCOC(=O)N1CCC(N2C(=O)C(O)=C(C(=O)C(C)C)C2c2cccnc2)CC1. The van der Waals surface area contributed by atoms with Gasteiger partial charge in [-0.2, -0.15) is 0 Å². The number of ketones is 1. The van der Waals surface area contributed by atoms with E-state index in [1.807, 2.05) is 0 Å². The number of piperidine rings is 1. The topological polar surface area (TPSA) is 100 Å². The summed E-state index contributed by atoms with van der Waals surface area (Å²) < 4.78 is 5.05. The van der Waals surface area contributed by atoms with Gasteiger partial charge in [0.15, 0.2) is 11.5 Å². The van der Waals surface area contributed by atoms with Crippen molar-refractivity contribution >= 4 is 17.8 Å². The van der Waals surface area contributed by atoms with E-state index in [0.717, 1.165) is 0 Å². The van der Waals surface area contributed by atoms with Gasteiger partial charge in [-0.1, -0.05) is 19.9 Å². The summed E-state index contributed by atoms with van der Waals surface area (Å²) in [5.74, 6) is -1.64. The Bertz CT molecular complexity index is 813. The predicted octanol–water partition coefficient (Wildman–Crippen LogP) is 2.62. The number of hydrogen-bond donors (Lipinski definition) is 1. The third-order valence-electron chi connectivity index (χ3n) is 5.42. The molecule has 2 aliphatic rings. The van der Waals surface area contributed by atoms with Gasteiger partial charge in [0, 0.05) is 37.4 Å². The number of aliphatic hydroxyl groups excluding tert-OH is 1. The van der Waals surface area contributed by atoms with E-state index in [9.17, 15) is 19.5 Å². The van der Waals surface area contributed by atoms with Crippen molar-refractivity contribution in [3.05, 3.63) is 41.4 Å². The van der Waals surface area contributed by atoms with E-state index in [2.05, 4.69) is 4.98 Å². The molecular weight excluding hydrogens is 374 g/mol. The number of aliphatic hydroxyl groups is 1. The molecule has 1 atom stereocenters. The zero-order valence-corrected chi connectivity index (χ0v) is 17.0. The van der Waals surface area contributed by atoms with Crippen molar-refractivity contribution in [3.63, 3.8) is 0 Å². The van der Waals surface area contributed by atoms with Crippen LogP contribution in [0.5, 0.6) is 0 Å². The fourth-order valence-electron chi connectivity index (χ4n) is 3.97. The van der Waals surface area contributed by atoms with Gasteiger partial charge in [0.05, 0.1) is 18.2 Å². The number of rotatable bonds is 5. The molecule has 2 amide bonds. The first-order valence-corrected chi connectivity index (χ1v) is 9.98. The Morgan fingerprint density at radius 2 is 2.00 bits per heavy atom. The highest BCUT2D eigenvalue weighted by molar-refractivity contribution is 6.09. The number of amides is 2. The third kappa shape index (κ3) is 3.97. The number of pyridine rings is 1. The summed E-state index contributed by atoms with van der Waals surface area (Å²) in [6.07, 6.45) is 3.95. The van der Waals surface area contributed by atoms with Crippen molar-refractivity contribution in [2.24, 2.45) is 5.92 Å². The Labute approximate surface area is 170 Å². The van der Waals surface area contributed by atoms with Crippen molar-refractivity contribution in [1.82, 2.24) is 14.8 Å². The van der Waals surface area contributed by atoms with Crippen LogP contribution in [0.25, 0.3) is 0 Å². The van der Waals surface area contributed by atoms with Gasteiger partial charge in [0.1, 0.15) is 0 Å². The number of nitrogens with zero attached hydrogens (tertiary/aromatic N) is 3. The van der Waals surface area contributed by atoms with Crippen molar-refractivity contribution in [1.29, 1.82) is 0 Å². The van der Waals surface area contributed by atoms with Gasteiger partial charge in [-0.05, 0) is 31.4 Å². The molecule has 0 spiro atoms. The number of ether oxygens (including phenoxy) is 1. The van der Waals surface area contributed by atoms with Gasteiger partial charge in [-0.15, -0.1) is 0 Å². The maximum absolute atomic E-state index is 13.0. The normalized spacial score (nSPS) is 20.6. The highest BCUT2D eigenvalue weighted by Gasteiger charge is 2.47. The van der Waals surface area contributed by atoms with Gasteiger partial charge in [0.2, 0.25) is 0 Å². The molecule has 8 heteroatoms. The van der Waals surface area contributed by atoms with Crippen LogP contribution >= 0.6 is 0 Å². The first-order chi connectivity index (χ1) is 13.9. The molecular formula is C21H27N3O5. The van der Waals surface area contributed by atoms with Crippen LogP contribution in [0.2, 0.25) is 0 Å². The van der Waals surface area contributed by atoms with E-state index in [-0.39, 0.29) is 29.4 Å². The minimum absolute atomic E-state index is 0.130. The molecule has 0 aromatic carbocycles. The molecule has 1 saturated heterocycles. The van der Waals surface area contributed by atoms with Crippen molar-refractivity contribution in [2.75, 3.05) is 19.7 Å². The molecule has 2 aliphatic heterocycles. The summed E-state index contributed by atoms with van der Waals surface area (Å²) in [5, 5.41) is 10.6. The van der Waals surface area contributed by atoms with Crippen LogP contribution in [0.4, 0.5) is 4.79 Å². The number of aromatic nitrogens is 1. The molecule has 1 aromatic rings. The van der Waals surface area contributed by atoms with E-state index in [4.69, 9.17) is 4.74 Å². The molecule has 0 radical (unpaired) electrons. The second kappa shape index (κ2) is 8.63. The second-order valence-corrected chi connectivity index (χ2v) is 7.60.